The van der Waals surface area contributed by atoms with Crippen LogP contribution < -0.4 is 0 Å². The molecule has 0 aliphatic rings. The van der Waals surface area contributed by atoms with E-state index < -0.39 is 5.97 Å². The molecular weight excluding hydrogens is 210 g/mol. The first-order valence-electron chi connectivity index (χ1n) is 5.24. The van der Waals surface area contributed by atoms with Crippen LogP contribution in [0.15, 0.2) is 10.5 Å². The highest BCUT2D eigenvalue weighted by Gasteiger charge is 2.15. The Bertz CT molecular complexity index is 359. The predicted molar refractivity (Wildman–Crippen MR) is 58.4 cm³/mol. The second kappa shape index (κ2) is 5.67. The monoisotopic (exact) mass is 227 g/mol. The molecule has 0 saturated heterocycles. The van der Waals surface area contributed by atoms with Crippen molar-refractivity contribution >= 4 is 5.97 Å². The first-order valence-corrected chi connectivity index (χ1v) is 5.24. The van der Waals surface area contributed by atoms with Crippen LogP contribution in [-0.4, -0.2) is 40.8 Å². The minimum absolute atomic E-state index is 0.00458. The van der Waals surface area contributed by atoms with Crippen LogP contribution >= 0.6 is 0 Å². The summed E-state index contributed by atoms with van der Waals surface area (Å²) in [6.07, 6.45) is 0. The van der Waals surface area contributed by atoms with Crippen LogP contribution in [0, 0.1) is 6.92 Å². The van der Waals surface area contributed by atoms with Crippen molar-refractivity contribution < 1.29 is 19.4 Å². The molecular formula is C11H17NO4. The van der Waals surface area contributed by atoms with E-state index in [4.69, 9.17) is 14.6 Å². The number of carbonyl (C=O) groups is 1. The van der Waals surface area contributed by atoms with Crippen LogP contribution in [-0.2, 0) is 6.54 Å². The van der Waals surface area contributed by atoms with Gasteiger partial charge in [-0.15, -0.1) is 0 Å². The number of rotatable bonds is 6. The summed E-state index contributed by atoms with van der Waals surface area (Å²) < 4.78 is 5.23. The second-order valence-electron chi connectivity index (χ2n) is 3.62. The minimum Gasteiger partial charge on any atom is -0.475 e. The average molecular weight is 227 g/mol. The summed E-state index contributed by atoms with van der Waals surface area (Å²) >= 11 is 0. The quantitative estimate of drug-likeness (QED) is 0.761. The highest BCUT2D eigenvalue weighted by Crippen LogP contribution is 2.16. The van der Waals surface area contributed by atoms with Gasteiger partial charge in [-0.3, -0.25) is 4.90 Å². The summed E-state index contributed by atoms with van der Waals surface area (Å²) in [4.78, 5) is 12.7. The Hall–Kier alpha value is -1.33. The Morgan fingerprint density at radius 2 is 2.25 bits per heavy atom. The van der Waals surface area contributed by atoms with Crippen molar-refractivity contribution in [2.24, 2.45) is 0 Å². The molecule has 1 heterocycles. The van der Waals surface area contributed by atoms with Gasteiger partial charge < -0.3 is 14.6 Å². The van der Waals surface area contributed by atoms with Crippen LogP contribution in [0.5, 0.6) is 0 Å². The van der Waals surface area contributed by atoms with Gasteiger partial charge in [0.1, 0.15) is 5.76 Å². The van der Waals surface area contributed by atoms with Gasteiger partial charge in [-0.05, 0) is 19.5 Å². The fourth-order valence-corrected chi connectivity index (χ4v) is 1.55. The van der Waals surface area contributed by atoms with Crippen molar-refractivity contribution in [3.05, 3.63) is 23.2 Å². The Morgan fingerprint density at radius 3 is 2.69 bits per heavy atom. The lowest BCUT2D eigenvalue weighted by Crippen LogP contribution is -2.25. The zero-order valence-electron chi connectivity index (χ0n) is 9.56. The molecule has 90 valence electrons. The van der Waals surface area contributed by atoms with E-state index in [1.165, 1.54) is 0 Å². The van der Waals surface area contributed by atoms with Gasteiger partial charge in [0, 0.05) is 12.1 Å². The largest absolute Gasteiger partial charge is 0.475 e. The smallest absolute Gasteiger partial charge is 0.372 e. The first-order chi connectivity index (χ1) is 7.58. The van der Waals surface area contributed by atoms with E-state index in [1.54, 1.807) is 13.0 Å². The number of furan rings is 1. The third-order valence-corrected chi connectivity index (χ3v) is 2.41. The zero-order chi connectivity index (χ0) is 12.1. The number of hydrogen-bond acceptors (Lipinski definition) is 4. The third kappa shape index (κ3) is 3.08. The molecule has 0 spiro atoms. The molecule has 0 radical (unpaired) electrons. The first kappa shape index (κ1) is 12.7. The highest BCUT2D eigenvalue weighted by atomic mass is 16.4. The zero-order valence-corrected chi connectivity index (χ0v) is 9.56. The van der Waals surface area contributed by atoms with Gasteiger partial charge in [-0.1, -0.05) is 6.92 Å². The van der Waals surface area contributed by atoms with Crippen molar-refractivity contribution in [3.63, 3.8) is 0 Å². The Morgan fingerprint density at radius 1 is 1.56 bits per heavy atom. The van der Waals surface area contributed by atoms with E-state index >= 15 is 0 Å². The van der Waals surface area contributed by atoms with Gasteiger partial charge >= 0.3 is 5.97 Å². The number of likely N-dealkylation sites (N-methyl/N-ethyl adjacent to an activating group) is 1. The molecule has 1 aromatic rings. The molecule has 0 amide bonds. The molecule has 0 aliphatic heterocycles. The molecule has 0 unspecified atom stereocenters. The number of hydrogen-bond donors (Lipinski definition) is 2. The number of nitrogens with zero attached hydrogens (tertiary/aromatic N) is 1. The number of carboxylic acids is 1. The van der Waals surface area contributed by atoms with Crippen LogP contribution in [0.25, 0.3) is 0 Å². The van der Waals surface area contributed by atoms with Gasteiger partial charge in [0.2, 0.25) is 5.76 Å². The fourth-order valence-electron chi connectivity index (χ4n) is 1.55. The Labute approximate surface area is 94.3 Å². The summed E-state index contributed by atoms with van der Waals surface area (Å²) in [5.41, 5.74) is 0.627. The summed E-state index contributed by atoms with van der Waals surface area (Å²) in [7, 11) is 0. The molecule has 2 N–H and O–H groups in total. The molecule has 0 fully saturated rings. The molecule has 5 nitrogen and oxygen atoms in total. The molecule has 0 bridgehead atoms. The second-order valence-corrected chi connectivity index (χ2v) is 3.62. The molecule has 0 aliphatic carbocycles. The third-order valence-electron chi connectivity index (χ3n) is 2.41. The van der Waals surface area contributed by atoms with E-state index in [0.717, 1.165) is 6.54 Å². The van der Waals surface area contributed by atoms with Crippen molar-refractivity contribution in [1.82, 2.24) is 4.90 Å². The predicted octanol–water partition coefficient (Wildman–Crippen LogP) is 1.10. The van der Waals surface area contributed by atoms with E-state index in [-0.39, 0.29) is 12.4 Å². The van der Waals surface area contributed by atoms with E-state index in [1.807, 2.05) is 11.8 Å². The van der Waals surface area contributed by atoms with Crippen molar-refractivity contribution in [3.8, 4) is 0 Å². The molecule has 16 heavy (non-hydrogen) atoms. The SMILES string of the molecule is CCN(CCO)Cc1cc(C)c(C(=O)O)o1. The van der Waals surface area contributed by atoms with Gasteiger partial charge in [-0.2, -0.15) is 0 Å². The van der Waals surface area contributed by atoms with Crippen LogP contribution in [0.3, 0.4) is 0 Å². The van der Waals surface area contributed by atoms with Crippen molar-refractivity contribution in [2.75, 3.05) is 19.7 Å². The number of carboxylic acid groups (broad SMARTS) is 1. The Kier molecular flexibility index (Phi) is 4.52. The maximum absolute atomic E-state index is 10.8. The minimum atomic E-state index is -1.05. The molecule has 0 saturated carbocycles. The fraction of sp³-hybridized carbons (Fsp3) is 0.545. The molecule has 1 aromatic heterocycles. The van der Waals surface area contributed by atoms with Gasteiger partial charge in [0.25, 0.3) is 0 Å². The van der Waals surface area contributed by atoms with Gasteiger partial charge in [0.05, 0.1) is 13.2 Å². The topological polar surface area (TPSA) is 73.9 Å². The van der Waals surface area contributed by atoms with Gasteiger partial charge in [-0.25, -0.2) is 4.79 Å². The highest BCUT2D eigenvalue weighted by molar-refractivity contribution is 5.86. The molecule has 5 heteroatoms. The Balaban J connectivity index is 2.73. The maximum atomic E-state index is 10.8. The standard InChI is InChI=1S/C11H17NO4/c1-3-12(4-5-13)7-9-6-8(2)10(16-9)11(14)15/h6,13H,3-5,7H2,1-2H3,(H,14,15). The summed E-state index contributed by atoms with van der Waals surface area (Å²) in [6.45, 7) is 5.62. The van der Waals surface area contributed by atoms with Gasteiger partial charge in [0.15, 0.2) is 0 Å². The van der Waals surface area contributed by atoms with Crippen LogP contribution in [0.4, 0.5) is 0 Å². The number of aliphatic hydroxyl groups excluding tert-OH is 1. The van der Waals surface area contributed by atoms with Crippen molar-refractivity contribution in [2.45, 2.75) is 20.4 Å². The van der Waals surface area contributed by atoms with Crippen molar-refractivity contribution in [1.29, 1.82) is 0 Å². The van der Waals surface area contributed by atoms with E-state index in [2.05, 4.69) is 0 Å². The maximum Gasteiger partial charge on any atom is 0.372 e. The normalized spacial score (nSPS) is 11.0. The number of aromatic carboxylic acids is 1. The summed E-state index contributed by atoms with van der Waals surface area (Å²) in [6, 6.07) is 1.73. The molecule has 1 rings (SSSR count). The number of aryl methyl sites for hydroxylation is 1. The lowest BCUT2D eigenvalue weighted by molar-refractivity contribution is 0.0656. The molecule has 0 atom stereocenters. The van der Waals surface area contributed by atoms with E-state index in [9.17, 15) is 4.79 Å². The summed E-state index contributed by atoms with van der Waals surface area (Å²) in [5.74, 6) is -0.436. The number of aliphatic hydroxyl groups is 1. The average Bonchev–Trinajstić information content (AvgIpc) is 2.59. The molecule has 0 aromatic carbocycles. The van der Waals surface area contributed by atoms with E-state index in [0.29, 0.717) is 24.4 Å². The lowest BCUT2D eigenvalue weighted by atomic mass is 10.2. The van der Waals surface area contributed by atoms with Crippen LogP contribution in [0.1, 0.15) is 28.8 Å². The summed E-state index contributed by atoms with van der Waals surface area (Å²) in [5, 5.41) is 17.7. The van der Waals surface area contributed by atoms with Crippen LogP contribution in [0.2, 0.25) is 0 Å². The lowest BCUT2D eigenvalue weighted by Gasteiger charge is -2.16.